The largest absolute Gasteiger partial charge is 0.389 e. The van der Waals surface area contributed by atoms with E-state index in [9.17, 15) is 21.6 Å². The molecular weight excluding hydrogens is 269 g/mol. The number of hydrogen-bond acceptors (Lipinski definition) is 3. The molecule has 18 heavy (non-hydrogen) atoms. The molecule has 1 unspecified atom stereocenters. The first kappa shape index (κ1) is 15.7. The molecule has 0 saturated carbocycles. The van der Waals surface area contributed by atoms with Crippen LogP contribution < -0.4 is 5.73 Å². The first-order valence-electron chi connectivity index (χ1n) is 6.02. The summed E-state index contributed by atoms with van der Waals surface area (Å²) in [4.78, 5) is 0. The Morgan fingerprint density at radius 3 is 2.50 bits per heavy atom. The van der Waals surface area contributed by atoms with Gasteiger partial charge in [-0.2, -0.15) is 17.5 Å². The number of piperidine rings is 1. The fraction of sp³-hybridized carbons (Fsp3) is 1.00. The van der Waals surface area contributed by atoms with E-state index in [1.54, 1.807) is 0 Å². The van der Waals surface area contributed by atoms with Gasteiger partial charge in [-0.1, -0.05) is 6.42 Å². The Balaban J connectivity index is 2.56. The molecule has 0 aromatic rings. The van der Waals surface area contributed by atoms with Gasteiger partial charge in [0.05, 0.1) is 5.75 Å². The molecule has 1 saturated heterocycles. The number of nitrogens with two attached hydrogens (primary N) is 1. The third-order valence-electron chi connectivity index (χ3n) is 3.07. The minimum Gasteiger partial charge on any atom is -0.329 e. The van der Waals surface area contributed by atoms with Gasteiger partial charge in [-0.3, -0.25) is 0 Å². The lowest BCUT2D eigenvalue weighted by Crippen LogP contribution is -2.48. The van der Waals surface area contributed by atoms with Crippen LogP contribution in [0.15, 0.2) is 0 Å². The molecule has 0 bridgehead atoms. The van der Waals surface area contributed by atoms with E-state index >= 15 is 0 Å². The second-order valence-electron chi connectivity index (χ2n) is 4.53. The van der Waals surface area contributed by atoms with Gasteiger partial charge in [0.2, 0.25) is 10.0 Å². The van der Waals surface area contributed by atoms with Crippen molar-refractivity contribution in [1.82, 2.24) is 4.31 Å². The summed E-state index contributed by atoms with van der Waals surface area (Å²) in [6.07, 6.45) is -3.40. The number of hydrogen-bond donors (Lipinski definition) is 1. The van der Waals surface area contributed by atoms with Gasteiger partial charge in [0.1, 0.15) is 0 Å². The summed E-state index contributed by atoms with van der Waals surface area (Å²) >= 11 is 0. The second-order valence-corrected chi connectivity index (χ2v) is 6.57. The van der Waals surface area contributed by atoms with Gasteiger partial charge in [0, 0.05) is 25.6 Å². The van der Waals surface area contributed by atoms with Crippen LogP contribution >= 0.6 is 0 Å². The van der Waals surface area contributed by atoms with Crippen LogP contribution in [0.3, 0.4) is 0 Å². The normalized spacial score (nSPS) is 23.2. The smallest absolute Gasteiger partial charge is 0.329 e. The fourth-order valence-electron chi connectivity index (χ4n) is 2.15. The lowest BCUT2D eigenvalue weighted by atomic mass is 10.1. The third kappa shape index (κ3) is 4.74. The molecule has 1 atom stereocenters. The maximum atomic E-state index is 12.0. The van der Waals surface area contributed by atoms with Crippen molar-refractivity contribution in [2.24, 2.45) is 5.73 Å². The lowest BCUT2D eigenvalue weighted by Gasteiger charge is -2.33. The topological polar surface area (TPSA) is 63.4 Å². The maximum Gasteiger partial charge on any atom is 0.389 e. The molecule has 0 aromatic heterocycles. The van der Waals surface area contributed by atoms with Crippen molar-refractivity contribution in [3.05, 3.63) is 0 Å². The average Bonchev–Trinajstić information content (AvgIpc) is 2.27. The van der Waals surface area contributed by atoms with Crippen LogP contribution in [0.4, 0.5) is 13.2 Å². The molecule has 0 radical (unpaired) electrons. The van der Waals surface area contributed by atoms with E-state index in [0.717, 1.165) is 12.8 Å². The first-order valence-corrected chi connectivity index (χ1v) is 7.63. The van der Waals surface area contributed by atoms with Crippen molar-refractivity contribution in [3.8, 4) is 0 Å². The standard InChI is InChI=1S/C10H19F3N2O2S/c11-10(12,13)5-3-7-18(16,17)15-6-2-1-4-9(15)8-14/h9H,1-8,14H2. The van der Waals surface area contributed by atoms with Crippen molar-refractivity contribution < 1.29 is 21.6 Å². The van der Waals surface area contributed by atoms with E-state index in [2.05, 4.69) is 0 Å². The molecule has 1 fully saturated rings. The monoisotopic (exact) mass is 288 g/mol. The Bertz CT molecular complexity index is 357. The van der Waals surface area contributed by atoms with Gasteiger partial charge < -0.3 is 5.73 Å². The molecule has 0 aliphatic carbocycles. The number of sulfonamides is 1. The molecule has 4 nitrogen and oxygen atoms in total. The SMILES string of the molecule is NCC1CCCCN1S(=O)(=O)CCCC(F)(F)F. The minimum atomic E-state index is -4.30. The van der Waals surface area contributed by atoms with Crippen LogP contribution in [-0.2, 0) is 10.0 Å². The molecule has 8 heteroatoms. The van der Waals surface area contributed by atoms with Crippen LogP contribution in [-0.4, -0.2) is 43.8 Å². The Morgan fingerprint density at radius 2 is 1.94 bits per heavy atom. The van der Waals surface area contributed by atoms with Crippen LogP contribution in [0.1, 0.15) is 32.1 Å². The van der Waals surface area contributed by atoms with E-state index in [0.29, 0.717) is 13.0 Å². The predicted molar refractivity (Wildman–Crippen MR) is 62.5 cm³/mol. The van der Waals surface area contributed by atoms with Crippen molar-refractivity contribution in [2.45, 2.75) is 44.3 Å². The number of alkyl halides is 3. The summed E-state index contributed by atoms with van der Waals surface area (Å²) in [6.45, 7) is 0.592. The average molecular weight is 288 g/mol. The Hall–Kier alpha value is -0.340. The van der Waals surface area contributed by atoms with Gasteiger partial charge in [-0.25, -0.2) is 8.42 Å². The van der Waals surface area contributed by atoms with Crippen molar-refractivity contribution in [2.75, 3.05) is 18.8 Å². The highest BCUT2D eigenvalue weighted by Gasteiger charge is 2.33. The number of halogens is 3. The molecular formula is C10H19F3N2O2S. The molecule has 0 aromatic carbocycles. The molecule has 1 aliphatic rings. The molecule has 1 rings (SSSR count). The zero-order valence-electron chi connectivity index (χ0n) is 10.1. The summed E-state index contributed by atoms with van der Waals surface area (Å²) in [5.41, 5.74) is 5.50. The second kappa shape index (κ2) is 6.21. The van der Waals surface area contributed by atoms with Crippen LogP contribution in [0.25, 0.3) is 0 Å². The van der Waals surface area contributed by atoms with E-state index in [1.807, 2.05) is 0 Å². The van der Waals surface area contributed by atoms with E-state index < -0.39 is 28.4 Å². The number of nitrogens with zero attached hydrogens (tertiary/aromatic N) is 1. The van der Waals surface area contributed by atoms with Gasteiger partial charge in [-0.15, -0.1) is 0 Å². The van der Waals surface area contributed by atoms with E-state index in [-0.39, 0.29) is 19.0 Å². The summed E-state index contributed by atoms with van der Waals surface area (Å²) in [5, 5.41) is 0. The van der Waals surface area contributed by atoms with Gasteiger partial charge in [0.25, 0.3) is 0 Å². The third-order valence-corrected chi connectivity index (χ3v) is 5.06. The molecule has 0 spiro atoms. The van der Waals surface area contributed by atoms with Crippen molar-refractivity contribution >= 4 is 10.0 Å². The van der Waals surface area contributed by atoms with Crippen LogP contribution in [0.2, 0.25) is 0 Å². The van der Waals surface area contributed by atoms with Crippen LogP contribution in [0, 0.1) is 0 Å². The van der Waals surface area contributed by atoms with E-state index in [1.165, 1.54) is 4.31 Å². The maximum absolute atomic E-state index is 12.0. The zero-order chi connectivity index (χ0) is 13.8. The van der Waals surface area contributed by atoms with Gasteiger partial charge in [-0.05, 0) is 19.3 Å². The summed E-state index contributed by atoms with van der Waals surface area (Å²) < 4.78 is 61.1. The van der Waals surface area contributed by atoms with Crippen molar-refractivity contribution in [1.29, 1.82) is 0 Å². The molecule has 1 aliphatic heterocycles. The molecule has 2 N–H and O–H groups in total. The number of rotatable bonds is 5. The molecule has 108 valence electrons. The van der Waals surface area contributed by atoms with Gasteiger partial charge >= 0.3 is 6.18 Å². The highest BCUT2D eigenvalue weighted by molar-refractivity contribution is 7.89. The van der Waals surface area contributed by atoms with Gasteiger partial charge in [0.15, 0.2) is 0 Å². The summed E-state index contributed by atoms with van der Waals surface area (Å²) in [5.74, 6) is -0.455. The first-order chi connectivity index (χ1) is 8.26. The van der Waals surface area contributed by atoms with Crippen molar-refractivity contribution in [3.63, 3.8) is 0 Å². The minimum absolute atomic E-state index is 0.221. The summed E-state index contributed by atoms with van der Waals surface area (Å²) in [7, 11) is -3.61. The van der Waals surface area contributed by atoms with Crippen LogP contribution in [0.5, 0.6) is 0 Å². The quantitative estimate of drug-likeness (QED) is 0.833. The molecule has 1 heterocycles. The highest BCUT2D eigenvalue weighted by atomic mass is 32.2. The summed E-state index contributed by atoms with van der Waals surface area (Å²) in [6, 6.07) is -0.255. The fourth-order valence-corrected chi connectivity index (χ4v) is 3.94. The predicted octanol–water partition coefficient (Wildman–Crippen LogP) is 1.47. The Kier molecular flexibility index (Phi) is 5.42. The Labute approximate surface area is 105 Å². The van der Waals surface area contributed by atoms with E-state index in [4.69, 9.17) is 5.73 Å². The Morgan fingerprint density at radius 1 is 1.28 bits per heavy atom. The zero-order valence-corrected chi connectivity index (χ0v) is 10.9. The molecule has 0 amide bonds. The lowest BCUT2D eigenvalue weighted by molar-refractivity contribution is -0.134. The highest BCUT2D eigenvalue weighted by Crippen LogP contribution is 2.24.